The van der Waals surface area contributed by atoms with Crippen molar-refractivity contribution >= 4 is 28.5 Å². The van der Waals surface area contributed by atoms with Crippen LogP contribution in [-0.4, -0.2) is 10.9 Å². The molecule has 0 atom stereocenters. The van der Waals surface area contributed by atoms with Gasteiger partial charge in [0.1, 0.15) is 11.6 Å². The minimum Gasteiger partial charge on any atom is -0.298 e. The topological polar surface area (TPSA) is 42.0 Å². The van der Waals surface area contributed by atoms with E-state index in [0.717, 1.165) is 29.2 Å². The summed E-state index contributed by atoms with van der Waals surface area (Å²) in [7, 11) is 0. The van der Waals surface area contributed by atoms with Gasteiger partial charge in [-0.25, -0.2) is 13.8 Å². The molecule has 1 heterocycles. The van der Waals surface area contributed by atoms with Gasteiger partial charge in [0.2, 0.25) is 5.91 Å². The van der Waals surface area contributed by atoms with Crippen molar-refractivity contribution in [3.63, 3.8) is 0 Å². The number of nitrogens with zero attached hydrogens (tertiary/aromatic N) is 1. The Labute approximate surface area is 112 Å². The molecule has 1 N–H and O–H groups in total. The zero-order chi connectivity index (χ0) is 13.8. The Bertz CT molecular complexity index is 617. The highest BCUT2D eigenvalue weighted by Crippen LogP contribution is 2.17. The van der Waals surface area contributed by atoms with Gasteiger partial charge in [0.05, 0.1) is 0 Å². The predicted molar refractivity (Wildman–Crippen MR) is 70.9 cm³/mol. The summed E-state index contributed by atoms with van der Waals surface area (Å²) in [5.74, 6) is -1.92. The monoisotopic (exact) mass is 280 g/mol. The molecule has 2 rings (SSSR count). The van der Waals surface area contributed by atoms with Crippen LogP contribution < -0.4 is 5.32 Å². The van der Waals surface area contributed by atoms with Gasteiger partial charge in [-0.3, -0.25) is 10.1 Å². The van der Waals surface area contributed by atoms with E-state index in [2.05, 4.69) is 10.3 Å². The van der Waals surface area contributed by atoms with Crippen molar-refractivity contribution in [3.8, 4) is 0 Å². The van der Waals surface area contributed by atoms with Gasteiger partial charge in [0, 0.05) is 22.7 Å². The van der Waals surface area contributed by atoms with Crippen LogP contribution in [0.3, 0.4) is 0 Å². The number of halogens is 2. The van der Waals surface area contributed by atoms with E-state index in [1.807, 2.05) is 6.92 Å². The minimum atomic E-state index is -0.714. The maximum Gasteiger partial charge on any atom is 0.250 e. The molecule has 0 aliphatic rings. The van der Waals surface area contributed by atoms with E-state index in [0.29, 0.717) is 5.13 Å². The zero-order valence-corrected chi connectivity index (χ0v) is 10.8. The van der Waals surface area contributed by atoms with E-state index in [1.165, 1.54) is 17.4 Å². The smallest absolute Gasteiger partial charge is 0.250 e. The normalized spacial score (nSPS) is 10.9. The van der Waals surface area contributed by atoms with Crippen LogP contribution in [-0.2, 0) is 4.79 Å². The van der Waals surface area contributed by atoms with Crippen molar-refractivity contribution in [2.45, 2.75) is 6.92 Å². The predicted octanol–water partition coefficient (Wildman–Crippen LogP) is 3.38. The molecule has 98 valence electrons. The van der Waals surface area contributed by atoms with Crippen molar-refractivity contribution in [2.24, 2.45) is 0 Å². The first-order valence-corrected chi connectivity index (χ1v) is 6.23. The zero-order valence-electron chi connectivity index (χ0n) is 9.98. The molecule has 0 fully saturated rings. The van der Waals surface area contributed by atoms with E-state index in [-0.39, 0.29) is 5.56 Å². The SMILES string of the molecule is Cc1cnc(NC(=O)/C=C/c2c(F)cccc2F)s1. The summed E-state index contributed by atoms with van der Waals surface area (Å²) in [5.41, 5.74) is -0.243. The minimum absolute atomic E-state index is 0.243. The van der Waals surface area contributed by atoms with Crippen LogP contribution >= 0.6 is 11.3 Å². The Morgan fingerprint density at radius 1 is 1.37 bits per heavy atom. The number of rotatable bonds is 3. The second-order valence-electron chi connectivity index (χ2n) is 3.73. The standard InChI is InChI=1S/C13H10F2N2OS/c1-8-7-16-13(19-8)17-12(18)6-5-9-10(14)3-2-4-11(9)15/h2-7H,1H3,(H,16,17,18)/b6-5+. The first-order valence-electron chi connectivity index (χ1n) is 5.42. The molecule has 1 aromatic carbocycles. The molecule has 2 aromatic rings. The second kappa shape index (κ2) is 5.71. The van der Waals surface area contributed by atoms with Gasteiger partial charge in [0.15, 0.2) is 5.13 Å². The summed E-state index contributed by atoms with van der Waals surface area (Å²) in [6, 6.07) is 3.52. The van der Waals surface area contributed by atoms with Gasteiger partial charge >= 0.3 is 0 Å². The number of benzene rings is 1. The lowest BCUT2D eigenvalue weighted by molar-refractivity contribution is -0.111. The molecule has 0 unspecified atom stereocenters. The molecule has 6 heteroatoms. The van der Waals surface area contributed by atoms with Crippen LogP contribution in [0.2, 0.25) is 0 Å². The first kappa shape index (κ1) is 13.4. The maximum atomic E-state index is 13.3. The Kier molecular flexibility index (Phi) is 4.01. The van der Waals surface area contributed by atoms with Crippen molar-refractivity contribution in [1.82, 2.24) is 4.98 Å². The molecular formula is C13H10F2N2OS. The third-order valence-electron chi connectivity index (χ3n) is 2.25. The van der Waals surface area contributed by atoms with Crippen molar-refractivity contribution < 1.29 is 13.6 Å². The Morgan fingerprint density at radius 3 is 2.63 bits per heavy atom. The van der Waals surface area contributed by atoms with E-state index in [9.17, 15) is 13.6 Å². The maximum absolute atomic E-state index is 13.3. The fraction of sp³-hybridized carbons (Fsp3) is 0.0769. The van der Waals surface area contributed by atoms with Crippen molar-refractivity contribution in [1.29, 1.82) is 0 Å². The molecule has 0 aliphatic heterocycles. The van der Waals surface area contributed by atoms with E-state index >= 15 is 0 Å². The summed E-state index contributed by atoms with van der Waals surface area (Å²) in [5, 5.41) is 2.95. The number of thiazole rings is 1. The summed E-state index contributed by atoms with van der Waals surface area (Å²) in [6.45, 7) is 1.86. The van der Waals surface area contributed by atoms with Crippen LogP contribution in [0.25, 0.3) is 6.08 Å². The summed E-state index contributed by atoms with van der Waals surface area (Å²) in [6.07, 6.45) is 3.79. The van der Waals surface area contributed by atoms with Gasteiger partial charge < -0.3 is 0 Å². The highest BCUT2D eigenvalue weighted by atomic mass is 32.1. The Morgan fingerprint density at radius 2 is 2.05 bits per heavy atom. The average molecular weight is 280 g/mol. The van der Waals surface area contributed by atoms with Gasteiger partial charge in [-0.2, -0.15) is 0 Å². The Balaban J connectivity index is 2.08. The fourth-order valence-corrected chi connectivity index (χ4v) is 2.06. The van der Waals surface area contributed by atoms with Crippen LogP contribution in [0.15, 0.2) is 30.5 Å². The number of anilines is 1. The largest absolute Gasteiger partial charge is 0.298 e. The molecule has 0 spiro atoms. The Hall–Kier alpha value is -2.08. The van der Waals surface area contributed by atoms with E-state index in [1.54, 1.807) is 6.20 Å². The molecule has 19 heavy (non-hydrogen) atoms. The number of amides is 1. The third kappa shape index (κ3) is 3.45. The molecular weight excluding hydrogens is 270 g/mol. The highest BCUT2D eigenvalue weighted by Gasteiger charge is 2.06. The fourth-order valence-electron chi connectivity index (χ4n) is 1.39. The lowest BCUT2D eigenvalue weighted by Gasteiger charge is -1.99. The second-order valence-corrected chi connectivity index (χ2v) is 4.97. The quantitative estimate of drug-likeness (QED) is 0.876. The van der Waals surface area contributed by atoms with Crippen LogP contribution in [0.4, 0.5) is 13.9 Å². The molecule has 0 saturated carbocycles. The lowest BCUT2D eigenvalue weighted by atomic mass is 10.2. The van der Waals surface area contributed by atoms with Gasteiger partial charge in [-0.1, -0.05) is 6.07 Å². The molecule has 0 bridgehead atoms. The average Bonchev–Trinajstić information content (AvgIpc) is 2.74. The number of hydrogen-bond donors (Lipinski definition) is 1. The first-order chi connectivity index (χ1) is 9.06. The van der Waals surface area contributed by atoms with E-state index in [4.69, 9.17) is 0 Å². The molecule has 0 saturated heterocycles. The summed E-state index contributed by atoms with van der Waals surface area (Å²) >= 11 is 1.32. The number of hydrogen-bond acceptors (Lipinski definition) is 3. The highest BCUT2D eigenvalue weighted by molar-refractivity contribution is 7.15. The number of carbonyl (C=O) groups is 1. The molecule has 1 amide bonds. The van der Waals surface area contributed by atoms with Crippen molar-refractivity contribution in [2.75, 3.05) is 5.32 Å². The van der Waals surface area contributed by atoms with Gasteiger partial charge in [-0.15, -0.1) is 11.3 Å². The number of carbonyl (C=O) groups excluding carboxylic acids is 1. The molecule has 3 nitrogen and oxygen atoms in total. The van der Waals surface area contributed by atoms with Crippen molar-refractivity contribution in [3.05, 3.63) is 52.5 Å². The molecule has 1 aromatic heterocycles. The third-order valence-corrected chi connectivity index (χ3v) is 3.08. The van der Waals surface area contributed by atoms with Crippen LogP contribution in [0, 0.1) is 18.6 Å². The number of aryl methyl sites for hydroxylation is 1. The summed E-state index contributed by atoms with van der Waals surface area (Å²) < 4.78 is 26.6. The van der Waals surface area contributed by atoms with Gasteiger partial charge in [-0.05, 0) is 25.1 Å². The lowest BCUT2D eigenvalue weighted by Crippen LogP contribution is -2.07. The van der Waals surface area contributed by atoms with Gasteiger partial charge in [0.25, 0.3) is 0 Å². The molecule has 0 aliphatic carbocycles. The molecule has 0 radical (unpaired) electrons. The number of aromatic nitrogens is 1. The van der Waals surface area contributed by atoms with Crippen LogP contribution in [0.5, 0.6) is 0 Å². The summed E-state index contributed by atoms with van der Waals surface area (Å²) in [4.78, 5) is 16.4. The number of nitrogens with one attached hydrogen (secondary N) is 1. The van der Waals surface area contributed by atoms with E-state index < -0.39 is 17.5 Å². The van der Waals surface area contributed by atoms with Crippen LogP contribution in [0.1, 0.15) is 10.4 Å².